The van der Waals surface area contributed by atoms with Crippen LogP contribution in [0.4, 0.5) is 0 Å². The zero-order valence-electron chi connectivity index (χ0n) is 32.8. The first-order valence-corrected chi connectivity index (χ1v) is 20.3. The van der Waals surface area contributed by atoms with Crippen LogP contribution in [0.25, 0.3) is 0 Å². The van der Waals surface area contributed by atoms with Crippen molar-refractivity contribution in [2.45, 2.75) is 165 Å². The largest absolute Gasteiger partial charge is 0.390 e. The van der Waals surface area contributed by atoms with Crippen molar-refractivity contribution in [3.8, 4) is 0 Å². The summed E-state index contributed by atoms with van der Waals surface area (Å²) < 4.78 is 28.6. The van der Waals surface area contributed by atoms with Crippen molar-refractivity contribution in [3.63, 3.8) is 0 Å². The molecule has 2 heterocycles. The molecule has 0 spiro atoms. The molecule has 54 heavy (non-hydrogen) atoms. The topological polar surface area (TPSA) is 228 Å². The zero-order chi connectivity index (χ0) is 39.5. The van der Waals surface area contributed by atoms with Gasteiger partial charge in [-0.2, -0.15) is 0 Å². The maximum atomic E-state index is 12.8. The second-order valence-corrected chi connectivity index (χ2v) is 18.3. The number of fused-ring (bicyclic) bond motifs is 5. The Kier molecular flexibility index (Phi) is 13.0. The maximum Gasteiger partial charge on any atom is 0.187 e. The van der Waals surface area contributed by atoms with Crippen LogP contribution in [-0.4, -0.2) is 152 Å². The Bertz CT molecular complexity index is 1300. The molecule has 2 saturated heterocycles. The fraction of sp³-hybridized carbons (Fsp3) is 0.950. The second kappa shape index (κ2) is 16.4. The summed E-state index contributed by atoms with van der Waals surface area (Å²) in [5.74, 6) is -0.778. The smallest absolute Gasteiger partial charge is 0.187 e. The van der Waals surface area contributed by atoms with Gasteiger partial charge in [0.05, 0.1) is 49.8 Å². The molecule has 21 atom stereocenters. The summed E-state index contributed by atoms with van der Waals surface area (Å²) in [6.07, 6.45) is -5.46. The third kappa shape index (κ3) is 7.38. The number of ether oxygens (including phenoxy) is 5. The third-order valence-corrected chi connectivity index (χ3v) is 15.2. The summed E-state index contributed by atoms with van der Waals surface area (Å²) in [5, 5.41) is 98.8. The van der Waals surface area contributed by atoms with Crippen LogP contribution in [0.2, 0.25) is 0 Å². The van der Waals surface area contributed by atoms with Gasteiger partial charge in [0.1, 0.15) is 36.6 Å². The molecule has 0 bridgehead atoms. The number of hydrogen-bond donors (Lipinski definition) is 9. The van der Waals surface area contributed by atoms with Crippen molar-refractivity contribution in [2.75, 3.05) is 26.9 Å². The lowest BCUT2D eigenvalue weighted by molar-refractivity contribution is -0.285. The molecule has 0 amide bonds. The van der Waals surface area contributed by atoms with Gasteiger partial charge in [0.15, 0.2) is 12.6 Å². The van der Waals surface area contributed by atoms with Gasteiger partial charge >= 0.3 is 0 Å². The molecule has 6 rings (SSSR count). The van der Waals surface area contributed by atoms with Gasteiger partial charge in [-0.25, -0.2) is 0 Å². The first-order chi connectivity index (χ1) is 25.4. The molecule has 9 N–H and O–H groups in total. The molecule has 0 unspecified atom stereocenters. The van der Waals surface area contributed by atoms with E-state index in [1.807, 2.05) is 6.08 Å². The van der Waals surface area contributed by atoms with Crippen LogP contribution in [0.3, 0.4) is 0 Å². The van der Waals surface area contributed by atoms with Crippen LogP contribution in [0.15, 0.2) is 11.6 Å². The highest BCUT2D eigenvalue weighted by molar-refractivity contribution is 5.33. The molecule has 5 fully saturated rings. The van der Waals surface area contributed by atoms with Crippen LogP contribution in [-0.2, 0) is 23.7 Å². The monoisotopic (exact) mass is 772 g/mol. The molecule has 14 nitrogen and oxygen atoms in total. The molecule has 0 aromatic rings. The van der Waals surface area contributed by atoms with E-state index in [0.717, 1.165) is 24.8 Å². The van der Waals surface area contributed by atoms with Gasteiger partial charge in [0, 0.05) is 19.4 Å². The molecule has 4 aliphatic carbocycles. The van der Waals surface area contributed by atoms with Gasteiger partial charge in [0.2, 0.25) is 0 Å². The standard InChI is InChI=1S/C40H68O14/c1-7-21(20(3)16-51-36-33(48)29(44)25(42)17-52-36)9-8-19(2)28-31(46)32(47)35-39(28,5)13-11-27-38(4)12-10-22(14-23(38)24(41)15-40(27,35)49)54-37-34(50-6)30(45)26(43)18-53-37/h14,19-22,24-37,41-49H,7-13,15-18H2,1-6H3/t19-,20-,21-,22+,24-,25-,26-,27-,28+,29+,30+,31-,32+,33-,34-,35-,36-,37+,38+,39-,40+/m1/s1. The number of methoxy groups -OCH3 is 1. The summed E-state index contributed by atoms with van der Waals surface area (Å²) >= 11 is 0. The molecular weight excluding hydrogens is 704 g/mol. The Morgan fingerprint density at radius 1 is 0.833 bits per heavy atom. The van der Waals surface area contributed by atoms with Crippen molar-refractivity contribution in [1.29, 1.82) is 0 Å². The molecule has 0 radical (unpaired) electrons. The summed E-state index contributed by atoms with van der Waals surface area (Å²) in [6.45, 7) is 10.6. The Hall–Kier alpha value is -0.820. The quantitative estimate of drug-likeness (QED) is 0.124. The molecule has 3 saturated carbocycles. The number of aliphatic hydroxyl groups excluding tert-OH is 8. The van der Waals surface area contributed by atoms with Crippen molar-refractivity contribution in [2.24, 2.45) is 46.3 Å². The summed E-state index contributed by atoms with van der Waals surface area (Å²) in [4.78, 5) is 0. The maximum absolute atomic E-state index is 12.8. The van der Waals surface area contributed by atoms with Crippen LogP contribution in [0, 0.1) is 46.3 Å². The van der Waals surface area contributed by atoms with Gasteiger partial charge < -0.3 is 69.6 Å². The highest BCUT2D eigenvalue weighted by atomic mass is 16.7. The van der Waals surface area contributed by atoms with Crippen LogP contribution in [0.1, 0.15) is 86.0 Å². The van der Waals surface area contributed by atoms with Crippen LogP contribution in [0.5, 0.6) is 0 Å². The number of hydrogen-bond acceptors (Lipinski definition) is 14. The predicted molar refractivity (Wildman–Crippen MR) is 193 cm³/mol. The molecular formula is C40H68O14. The average Bonchev–Trinajstić information content (AvgIpc) is 3.33. The Morgan fingerprint density at radius 2 is 1.50 bits per heavy atom. The van der Waals surface area contributed by atoms with E-state index in [0.29, 0.717) is 32.3 Å². The van der Waals surface area contributed by atoms with Crippen molar-refractivity contribution in [3.05, 3.63) is 11.6 Å². The minimum atomic E-state index is -1.41. The molecule has 0 aromatic carbocycles. The lowest BCUT2D eigenvalue weighted by Crippen LogP contribution is -2.66. The average molecular weight is 773 g/mol. The number of aliphatic hydroxyl groups is 9. The third-order valence-electron chi connectivity index (χ3n) is 15.2. The fourth-order valence-corrected chi connectivity index (χ4v) is 12.3. The predicted octanol–water partition coefficient (Wildman–Crippen LogP) is 0.605. The molecule has 312 valence electrons. The molecule has 2 aliphatic heterocycles. The highest BCUT2D eigenvalue weighted by Gasteiger charge is 2.72. The number of rotatable bonds is 12. The van der Waals surface area contributed by atoms with E-state index < -0.39 is 96.0 Å². The van der Waals surface area contributed by atoms with Gasteiger partial charge in [-0.1, -0.05) is 53.5 Å². The summed E-state index contributed by atoms with van der Waals surface area (Å²) in [6, 6.07) is 0. The molecule has 14 heteroatoms. The van der Waals surface area contributed by atoms with E-state index in [1.165, 1.54) is 7.11 Å². The SMILES string of the molecule is CC[C@H](CC[C@@H](C)[C@H]1[C@@H](O)[C@H](O)[C@@H]2[C@]1(C)CC[C@H]1[C@@]2(O)C[C@@H](O)C2=C[C@@H](O[C@@H]3OC[C@@H](O)[C@H](O)[C@H]3OC)CC[C@@]21C)[C@H](C)CO[C@@H]1OC[C@@H](O)[C@H](O)[C@H]1O. The fourth-order valence-electron chi connectivity index (χ4n) is 12.3. The normalized spacial score (nSPS) is 51.0. The Morgan fingerprint density at radius 3 is 2.17 bits per heavy atom. The zero-order valence-corrected chi connectivity index (χ0v) is 32.8. The summed E-state index contributed by atoms with van der Waals surface area (Å²) in [5.41, 5.74) is -1.77. The van der Waals surface area contributed by atoms with Crippen molar-refractivity contribution in [1.82, 2.24) is 0 Å². The van der Waals surface area contributed by atoms with E-state index in [4.69, 9.17) is 23.7 Å². The Balaban J connectivity index is 1.12. The first-order valence-electron chi connectivity index (χ1n) is 20.3. The minimum Gasteiger partial charge on any atom is -0.390 e. The lowest BCUT2D eigenvalue weighted by Gasteiger charge is -2.64. The van der Waals surface area contributed by atoms with E-state index in [1.54, 1.807) is 0 Å². The van der Waals surface area contributed by atoms with Crippen LogP contribution < -0.4 is 0 Å². The molecule has 6 aliphatic rings. The van der Waals surface area contributed by atoms with E-state index in [2.05, 4.69) is 34.6 Å². The van der Waals surface area contributed by atoms with Crippen molar-refractivity contribution >= 4 is 0 Å². The lowest BCUT2D eigenvalue weighted by atomic mass is 9.43. The van der Waals surface area contributed by atoms with E-state index in [9.17, 15) is 46.0 Å². The van der Waals surface area contributed by atoms with Gasteiger partial charge in [0.25, 0.3) is 0 Å². The van der Waals surface area contributed by atoms with Gasteiger partial charge in [-0.3, -0.25) is 0 Å². The first kappa shape index (κ1) is 42.8. The van der Waals surface area contributed by atoms with E-state index in [-0.39, 0.29) is 49.2 Å². The molecule has 0 aromatic heterocycles. The van der Waals surface area contributed by atoms with Gasteiger partial charge in [-0.05, 0) is 78.1 Å². The Labute approximate surface area is 319 Å². The van der Waals surface area contributed by atoms with Gasteiger partial charge in [-0.15, -0.1) is 0 Å². The van der Waals surface area contributed by atoms with Crippen molar-refractivity contribution < 1.29 is 69.6 Å². The summed E-state index contributed by atoms with van der Waals surface area (Å²) in [7, 11) is 1.42. The van der Waals surface area contributed by atoms with Crippen LogP contribution >= 0.6 is 0 Å². The minimum absolute atomic E-state index is 0.0248. The van der Waals surface area contributed by atoms with E-state index >= 15 is 0 Å². The second-order valence-electron chi connectivity index (χ2n) is 18.3. The highest BCUT2D eigenvalue weighted by Crippen LogP contribution is 2.69.